The normalized spacial score (nSPS) is 23.2. The number of halogens is 1. The quantitative estimate of drug-likeness (QED) is 0.733. The Kier molecular flexibility index (Phi) is 3.08. The number of hydrogen-bond donors (Lipinski definition) is 0. The van der Waals surface area contributed by atoms with Crippen LogP contribution in [0.3, 0.4) is 0 Å². The largest absolute Gasteiger partial charge is 0.297 e. The topological polar surface area (TPSA) is 34.1 Å². The summed E-state index contributed by atoms with van der Waals surface area (Å²) in [7, 11) is 0. The van der Waals surface area contributed by atoms with Crippen LogP contribution in [0.2, 0.25) is 5.02 Å². The Hall–Kier alpha value is -0.800. The fourth-order valence-corrected chi connectivity index (χ4v) is 3.27. The van der Waals surface area contributed by atoms with Gasteiger partial charge in [-0.25, -0.2) is 0 Å². The first-order valence-electron chi connectivity index (χ1n) is 5.36. The number of benzene rings is 1. The van der Waals surface area contributed by atoms with Gasteiger partial charge < -0.3 is 0 Å². The molecule has 0 spiro atoms. The Balaban J connectivity index is 2.51. The van der Waals surface area contributed by atoms with Crippen molar-refractivity contribution in [1.82, 2.24) is 0 Å². The Labute approximate surface area is 110 Å². The van der Waals surface area contributed by atoms with E-state index in [4.69, 9.17) is 11.6 Å². The SMILES string of the molecule is Cc1ccc(Cl)c(C2C(=O)SC(C)(C)C2=O)c1. The van der Waals surface area contributed by atoms with E-state index < -0.39 is 10.7 Å². The molecule has 1 unspecified atom stereocenters. The van der Waals surface area contributed by atoms with Crippen molar-refractivity contribution in [3.8, 4) is 0 Å². The van der Waals surface area contributed by atoms with Crippen LogP contribution in [-0.4, -0.2) is 15.6 Å². The molecule has 1 fully saturated rings. The van der Waals surface area contributed by atoms with Gasteiger partial charge in [0.25, 0.3) is 0 Å². The summed E-state index contributed by atoms with van der Waals surface area (Å²) in [6.07, 6.45) is 0. The molecular weight excluding hydrogens is 256 g/mol. The van der Waals surface area contributed by atoms with Crippen molar-refractivity contribution in [2.24, 2.45) is 0 Å². The molecule has 0 N–H and O–H groups in total. The number of thioether (sulfide) groups is 1. The third kappa shape index (κ3) is 2.14. The summed E-state index contributed by atoms with van der Waals surface area (Å²) in [5, 5.41) is 0.383. The molecule has 0 amide bonds. The third-order valence-corrected chi connectivity index (χ3v) is 4.40. The molecule has 0 radical (unpaired) electrons. The van der Waals surface area contributed by atoms with Crippen LogP contribution >= 0.6 is 23.4 Å². The van der Waals surface area contributed by atoms with Crippen LogP contribution in [0.5, 0.6) is 0 Å². The molecule has 4 heteroatoms. The van der Waals surface area contributed by atoms with E-state index >= 15 is 0 Å². The van der Waals surface area contributed by atoms with Gasteiger partial charge in [-0.1, -0.05) is 41.1 Å². The van der Waals surface area contributed by atoms with Crippen molar-refractivity contribution in [3.05, 3.63) is 34.3 Å². The molecular formula is C13H13ClO2S. The Morgan fingerprint density at radius 3 is 2.47 bits per heavy atom. The van der Waals surface area contributed by atoms with Gasteiger partial charge in [-0.15, -0.1) is 0 Å². The average Bonchev–Trinajstić information content (AvgIpc) is 2.41. The van der Waals surface area contributed by atoms with Gasteiger partial charge in [0, 0.05) is 5.02 Å². The van der Waals surface area contributed by atoms with Gasteiger partial charge in [-0.05, 0) is 32.4 Å². The highest BCUT2D eigenvalue weighted by Crippen LogP contribution is 2.45. The summed E-state index contributed by atoms with van der Waals surface area (Å²) in [6, 6.07) is 5.43. The maximum atomic E-state index is 12.2. The van der Waals surface area contributed by atoms with Crippen molar-refractivity contribution in [2.75, 3.05) is 0 Å². The van der Waals surface area contributed by atoms with Crippen LogP contribution in [0.15, 0.2) is 18.2 Å². The monoisotopic (exact) mass is 268 g/mol. The second-order valence-corrected chi connectivity index (χ2v) is 6.79. The first kappa shape index (κ1) is 12.7. The van der Waals surface area contributed by atoms with Crippen LogP contribution in [0.25, 0.3) is 0 Å². The molecule has 1 aromatic rings. The Morgan fingerprint density at radius 1 is 1.29 bits per heavy atom. The maximum absolute atomic E-state index is 12.2. The average molecular weight is 269 g/mol. The van der Waals surface area contributed by atoms with E-state index in [-0.39, 0.29) is 10.9 Å². The lowest BCUT2D eigenvalue weighted by Crippen LogP contribution is -2.26. The van der Waals surface area contributed by atoms with Gasteiger partial charge >= 0.3 is 0 Å². The fourth-order valence-electron chi connectivity index (χ4n) is 1.97. The minimum Gasteiger partial charge on any atom is -0.297 e. The summed E-state index contributed by atoms with van der Waals surface area (Å²) >= 11 is 7.19. The molecule has 0 bridgehead atoms. The Morgan fingerprint density at radius 2 is 1.94 bits per heavy atom. The standard InChI is InChI=1S/C13H13ClO2S/c1-7-4-5-9(14)8(6-7)10-11(15)13(2,3)17-12(10)16/h4-6,10H,1-3H3. The maximum Gasteiger partial charge on any atom is 0.204 e. The number of carbonyl (C=O) groups excluding carboxylic acids is 2. The molecule has 1 aromatic carbocycles. The second-order valence-electron chi connectivity index (χ2n) is 4.75. The highest BCUT2D eigenvalue weighted by atomic mass is 35.5. The molecule has 1 aliphatic rings. The van der Waals surface area contributed by atoms with E-state index in [1.165, 1.54) is 0 Å². The van der Waals surface area contributed by atoms with Crippen molar-refractivity contribution in [3.63, 3.8) is 0 Å². The molecule has 1 heterocycles. The van der Waals surface area contributed by atoms with Crippen LogP contribution in [0.4, 0.5) is 0 Å². The molecule has 1 atom stereocenters. The van der Waals surface area contributed by atoms with Gasteiger partial charge in [-0.2, -0.15) is 0 Å². The number of aryl methyl sites for hydroxylation is 1. The van der Waals surface area contributed by atoms with Crippen molar-refractivity contribution in [1.29, 1.82) is 0 Å². The summed E-state index contributed by atoms with van der Waals surface area (Å²) in [4.78, 5) is 24.1. The lowest BCUT2D eigenvalue weighted by molar-refractivity contribution is -0.124. The predicted molar refractivity (Wildman–Crippen MR) is 70.6 cm³/mol. The molecule has 17 heavy (non-hydrogen) atoms. The molecule has 2 nitrogen and oxygen atoms in total. The van der Waals surface area contributed by atoms with Crippen molar-refractivity contribution < 1.29 is 9.59 Å². The van der Waals surface area contributed by atoms with Crippen LogP contribution < -0.4 is 0 Å². The highest BCUT2D eigenvalue weighted by molar-refractivity contribution is 8.16. The lowest BCUT2D eigenvalue weighted by Gasteiger charge is -2.14. The molecule has 0 aromatic heterocycles. The van der Waals surface area contributed by atoms with E-state index in [1.807, 2.05) is 19.1 Å². The highest BCUT2D eigenvalue weighted by Gasteiger charge is 2.48. The summed E-state index contributed by atoms with van der Waals surface area (Å²) in [5.74, 6) is -0.762. The van der Waals surface area contributed by atoms with Crippen LogP contribution in [-0.2, 0) is 9.59 Å². The summed E-state index contributed by atoms with van der Waals surface area (Å²) < 4.78 is -0.644. The zero-order chi connectivity index (χ0) is 12.8. The number of hydrogen-bond acceptors (Lipinski definition) is 3. The van der Waals surface area contributed by atoms with Gasteiger partial charge in [0.2, 0.25) is 5.12 Å². The summed E-state index contributed by atoms with van der Waals surface area (Å²) in [5.41, 5.74) is 1.64. The van der Waals surface area contributed by atoms with Gasteiger partial charge in [0.1, 0.15) is 5.92 Å². The van der Waals surface area contributed by atoms with E-state index in [0.29, 0.717) is 10.6 Å². The lowest BCUT2D eigenvalue weighted by atomic mass is 9.89. The van der Waals surface area contributed by atoms with Gasteiger partial charge in [0.05, 0.1) is 4.75 Å². The van der Waals surface area contributed by atoms with E-state index in [1.54, 1.807) is 19.9 Å². The second kappa shape index (κ2) is 4.14. The van der Waals surface area contributed by atoms with E-state index in [0.717, 1.165) is 17.3 Å². The number of carbonyl (C=O) groups is 2. The zero-order valence-electron chi connectivity index (χ0n) is 9.91. The number of Topliss-reactive ketones (excluding diaryl/α,β-unsaturated/α-hetero) is 1. The van der Waals surface area contributed by atoms with Crippen molar-refractivity contribution in [2.45, 2.75) is 31.4 Å². The predicted octanol–water partition coefficient (Wildman–Crippen LogP) is 3.35. The molecule has 0 saturated carbocycles. The third-order valence-electron chi connectivity index (χ3n) is 2.91. The summed E-state index contributed by atoms with van der Waals surface area (Å²) in [6.45, 7) is 5.48. The molecule has 1 aliphatic heterocycles. The van der Waals surface area contributed by atoms with Crippen LogP contribution in [0.1, 0.15) is 30.9 Å². The first-order valence-corrected chi connectivity index (χ1v) is 6.55. The fraction of sp³-hybridized carbons (Fsp3) is 0.385. The number of ketones is 1. The van der Waals surface area contributed by atoms with E-state index in [9.17, 15) is 9.59 Å². The van der Waals surface area contributed by atoms with Gasteiger partial charge in [-0.3, -0.25) is 9.59 Å². The Bertz CT molecular complexity index is 508. The molecule has 2 rings (SSSR count). The van der Waals surface area contributed by atoms with Crippen LogP contribution in [0, 0.1) is 6.92 Å². The zero-order valence-corrected chi connectivity index (χ0v) is 11.5. The first-order chi connectivity index (χ1) is 7.83. The van der Waals surface area contributed by atoms with E-state index in [2.05, 4.69) is 0 Å². The molecule has 1 saturated heterocycles. The number of rotatable bonds is 1. The van der Waals surface area contributed by atoms with Crippen molar-refractivity contribution >= 4 is 34.3 Å². The smallest absolute Gasteiger partial charge is 0.204 e. The minimum atomic E-state index is -0.706. The molecule has 90 valence electrons. The van der Waals surface area contributed by atoms with Gasteiger partial charge in [0.15, 0.2) is 5.78 Å². The minimum absolute atomic E-state index is 0.0556. The molecule has 0 aliphatic carbocycles.